The molecule has 176 valence electrons. The Morgan fingerprint density at radius 3 is 2.75 bits per heavy atom. The molecule has 0 bridgehead atoms. The fourth-order valence-corrected chi connectivity index (χ4v) is 4.40. The quantitative estimate of drug-likeness (QED) is 0.602. The molecule has 1 amide bonds. The first kappa shape index (κ1) is 24.4. The third-order valence-corrected chi connectivity index (χ3v) is 6.17. The van der Waals surface area contributed by atoms with Gasteiger partial charge in [0.15, 0.2) is 11.6 Å². The van der Waals surface area contributed by atoms with E-state index in [-0.39, 0.29) is 41.0 Å². The van der Waals surface area contributed by atoms with Crippen molar-refractivity contribution >= 4 is 35.2 Å². The topological polar surface area (TPSA) is 72.4 Å². The van der Waals surface area contributed by atoms with Crippen molar-refractivity contribution in [1.82, 2.24) is 25.7 Å². The molecule has 1 spiro atoms. The Bertz CT molecular complexity index is 922. The average molecular weight is 487 g/mol. The van der Waals surface area contributed by atoms with Crippen molar-refractivity contribution in [2.75, 3.05) is 32.7 Å². The van der Waals surface area contributed by atoms with E-state index in [0.717, 1.165) is 32.6 Å². The van der Waals surface area contributed by atoms with Crippen LogP contribution in [0.4, 0.5) is 4.39 Å². The number of likely N-dealkylation sites (tertiary alicyclic amines) is 1. The van der Waals surface area contributed by atoms with Gasteiger partial charge in [-0.1, -0.05) is 0 Å². The number of hydrogen-bond acceptors (Lipinski definition) is 7. The molecule has 8 nitrogen and oxygen atoms in total. The summed E-state index contributed by atoms with van der Waals surface area (Å²) in [7, 11) is 0. The van der Waals surface area contributed by atoms with Crippen LogP contribution < -0.4 is 15.6 Å². The number of rotatable bonds is 6. The summed E-state index contributed by atoms with van der Waals surface area (Å²) in [6, 6.07) is 3.87. The van der Waals surface area contributed by atoms with Crippen LogP contribution in [0.15, 0.2) is 35.2 Å². The van der Waals surface area contributed by atoms with Crippen LogP contribution in [-0.2, 0) is 0 Å². The Balaban J connectivity index is 0.00000289. The van der Waals surface area contributed by atoms with Gasteiger partial charge in [-0.25, -0.2) is 9.82 Å². The van der Waals surface area contributed by atoms with Crippen molar-refractivity contribution in [2.45, 2.75) is 33.2 Å². The third-order valence-electron chi connectivity index (χ3n) is 6.00. The van der Waals surface area contributed by atoms with Crippen LogP contribution in [0.3, 0.4) is 0 Å². The van der Waals surface area contributed by atoms with E-state index in [1.54, 1.807) is 11.1 Å². The van der Waals surface area contributed by atoms with E-state index in [4.69, 9.17) is 16.4 Å². The third kappa shape index (κ3) is 4.89. The fraction of sp³-hybridized carbons (Fsp3) is 0.524. The predicted octanol–water partition coefficient (Wildman–Crippen LogP) is 2.92. The predicted molar refractivity (Wildman–Crippen MR) is 124 cm³/mol. The Morgan fingerprint density at radius 2 is 2.16 bits per heavy atom. The van der Waals surface area contributed by atoms with Gasteiger partial charge in [0.05, 0.1) is 5.56 Å². The molecule has 3 aliphatic heterocycles. The molecule has 0 unspecified atom stereocenters. The van der Waals surface area contributed by atoms with Gasteiger partial charge in [-0.15, -0.1) is 17.6 Å². The highest BCUT2D eigenvalue weighted by molar-refractivity contribution is 6.64. The molecule has 0 saturated carbocycles. The lowest BCUT2D eigenvalue weighted by molar-refractivity contribution is -0.0397. The van der Waals surface area contributed by atoms with Crippen molar-refractivity contribution in [1.29, 1.82) is 0 Å². The number of benzene rings is 1. The SMILES string of the molecule is CCN(C(=O)c1cc(F)ccc1ON1C=C(N2CCC3(CNC3)C2)N=C(Cl)N1)C(C)C.Cl. The number of carbonyl (C=O) groups is 1. The molecule has 1 aromatic rings. The normalized spacial score (nSPS) is 19.1. The Hall–Kier alpha value is -2.23. The van der Waals surface area contributed by atoms with Gasteiger partial charge in [0.1, 0.15) is 12.0 Å². The minimum absolute atomic E-state index is 0. The maximum absolute atomic E-state index is 14.0. The fourth-order valence-electron chi connectivity index (χ4n) is 4.23. The lowest BCUT2D eigenvalue weighted by atomic mass is 9.81. The molecule has 1 aromatic carbocycles. The number of carbonyl (C=O) groups excluding carboxylic acids is 1. The molecule has 32 heavy (non-hydrogen) atoms. The van der Waals surface area contributed by atoms with E-state index in [1.807, 2.05) is 20.8 Å². The highest BCUT2D eigenvalue weighted by Gasteiger charge is 2.44. The summed E-state index contributed by atoms with van der Waals surface area (Å²) < 4.78 is 14.0. The zero-order valence-corrected chi connectivity index (χ0v) is 20.0. The van der Waals surface area contributed by atoms with Crippen LogP contribution in [-0.4, -0.2) is 64.9 Å². The Kier molecular flexibility index (Phi) is 7.42. The lowest BCUT2D eigenvalue weighted by Gasteiger charge is -2.39. The molecule has 3 aliphatic rings. The molecular formula is C21H29Cl2FN6O2. The van der Waals surface area contributed by atoms with E-state index < -0.39 is 5.82 Å². The summed E-state index contributed by atoms with van der Waals surface area (Å²) in [6.45, 7) is 10.0. The summed E-state index contributed by atoms with van der Waals surface area (Å²) in [5.41, 5.74) is 3.25. The van der Waals surface area contributed by atoms with Gasteiger partial charge in [0.2, 0.25) is 5.29 Å². The van der Waals surface area contributed by atoms with Crippen LogP contribution in [0.2, 0.25) is 0 Å². The minimum atomic E-state index is -0.505. The Morgan fingerprint density at radius 1 is 1.41 bits per heavy atom. The maximum Gasteiger partial charge on any atom is 0.258 e. The standard InChI is InChI=1S/C21H28ClFN6O2.ClH/c1-4-28(14(2)3)19(30)16-9-15(23)5-6-17(16)31-29-10-18(25-20(22)26-29)27-8-7-21(13-27)11-24-12-21;/h5-6,9-10,14,24H,4,7-8,11-13H2,1-3H3,(H,25,26);1H. The van der Waals surface area contributed by atoms with Crippen LogP contribution in [0.1, 0.15) is 37.6 Å². The average Bonchev–Trinajstić information content (AvgIpc) is 3.15. The van der Waals surface area contributed by atoms with Gasteiger partial charge < -0.3 is 20.0 Å². The van der Waals surface area contributed by atoms with Gasteiger partial charge in [-0.3, -0.25) is 4.79 Å². The largest absolute Gasteiger partial charge is 0.359 e. The van der Waals surface area contributed by atoms with Gasteiger partial charge >= 0.3 is 0 Å². The molecule has 2 saturated heterocycles. The van der Waals surface area contributed by atoms with E-state index in [2.05, 4.69) is 20.6 Å². The van der Waals surface area contributed by atoms with Gasteiger partial charge in [-0.05, 0) is 57.0 Å². The molecule has 0 atom stereocenters. The summed E-state index contributed by atoms with van der Waals surface area (Å²) in [4.78, 5) is 27.2. The van der Waals surface area contributed by atoms with Crippen LogP contribution in [0.5, 0.6) is 5.75 Å². The van der Waals surface area contributed by atoms with Gasteiger partial charge in [0, 0.05) is 44.2 Å². The summed E-state index contributed by atoms with van der Waals surface area (Å²) in [5, 5.41) is 4.80. The highest BCUT2D eigenvalue weighted by Crippen LogP contribution is 2.36. The maximum atomic E-state index is 14.0. The van der Waals surface area contributed by atoms with Crippen molar-refractivity contribution in [3.8, 4) is 5.75 Å². The number of amidine groups is 1. The van der Waals surface area contributed by atoms with E-state index in [1.165, 1.54) is 23.4 Å². The smallest absolute Gasteiger partial charge is 0.258 e. The first-order valence-corrected chi connectivity index (χ1v) is 10.9. The summed E-state index contributed by atoms with van der Waals surface area (Å²) in [6.07, 6.45) is 2.78. The molecule has 11 heteroatoms. The highest BCUT2D eigenvalue weighted by atomic mass is 35.5. The van der Waals surface area contributed by atoms with Gasteiger partial charge in [-0.2, -0.15) is 4.99 Å². The van der Waals surface area contributed by atoms with Crippen LogP contribution in [0, 0.1) is 11.2 Å². The van der Waals surface area contributed by atoms with Crippen molar-refractivity contribution < 1.29 is 14.0 Å². The lowest BCUT2D eigenvalue weighted by Crippen LogP contribution is -2.54. The van der Waals surface area contributed by atoms with E-state index in [9.17, 15) is 9.18 Å². The molecule has 4 rings (SSSR count). The number of nitrogens with one attached hydrogen (secondary N) is 2. The number of nitrogens with zero attached hydrogens (tertiary/aromatic N) is 4. The first-order chi connectivity index (χ1) is 14.8. The zero-order valence-electron chi connectivity index (χ0n) is 18.4. The molecular weight excluding hydrogens is 458 g/mol. The number of amides is 1. The number of aliphatic imine (C=N–C) groups is 1. The van der Waals surface area contributed by atoms with Crippen molar-refractivity contribution in [2.24, 2.45) is 10.4 Å². The zero-order chi connectivity index (χ0) is 22.2. The number of hydrogen-bond donors (Lipinski definition) is 2. The molecule has 2 fully saturated rings. The molecule has 0 aromatic heterocycles. The molecule has 0 radical (unpaired) electrons. The summed E-state index contributed by atoms with van der Waals surface area (Å²) >= 11 is 6.21. The number of halogens is 3. The molecule has 3 heterocycles. The van der Waals surface area contributed by atoms with E-state index >= 15 is 0 Å². The first-order valence-electron chi connectivity index (χ1n) is 10.6. The van der Waals surface area contributed by atoms with Crippen molar-refractivity contribution in [3.63, 3.8) is 0 Å². The summed E-state index contributed by atoms with van der Waals surface area (Å²) in [5.74, 6) is 0.0993. The second-order valence-electron chi connectivity index (χ2n) is 8.52. The second-order valence-corrected chi connectivity index (χ2v) is 8.88. The monoisotopic (exact) mass is 486 g/mol. The molecule has 0 aliphatic carbocycles. The minimum Gasteiger partial charge on any atom is -0.359 e. The van der Waals surface area contributed by atoms with Gasteiger partial charge in [0.25, 0.3) is 5.91 Å². The second kappa shape index (κ2) is 9.72. The van der Waals surface area contributed by atoms with Crippen LogP contribution in [0.25, 0.3) is 0 Å². The number of hydrazine groups is 1. The van der Waals surface area contributed by atoms with E-state index in [0.29, 0.717) is 17.8 Å². The molecule has 2 N–H and O–H groups in total. The van der Waals surface area contributed by atoms with Crippen LogP contribution >= 0.6 is 24.0 Å². The Labute approximate surface area is 198 Å². The number of hydroxylamine groups is 1. The van der Waals surface area contributed by atoms with Crippen molar-refractivity contribution in [3.05, 3.63) is 41.6 Å².